The Morgan fingerprint density at radius 2 is 1.71 bits per heavy atom. The van der Waals surface area contributed by atoms with Gasteiger partial charge in [0.25, 0.3) is 0 Å². The minimum Gasteiger partial charge on any atom is -0.497 e. The average Bonchev–Trinajstić information content (AvgIpc) is 2.78. The number of hydrogen-bond acceptors (Lipinski definition) is 6. The zero-order chi connectivity index (χ0) is 22.0. The second-order valence-electron chi connectivity index (χ2n) is 6.94. The van der Waals surface area contributed by atoms with Crippen molar-refractivity contribution in [3.63, 3.8) is 0 Å². The van der Waals surface area contributed by atoms with Crippen LogP contribution >= 0.6 is 0 Å². The molecule has 6 nitrogen and oxygen atoms in total. The summed E-state index contributed by atoms with van der Waals surface area (Å²) in [5, 5.41) is 0.677. The lowest BCUT2D eigenvalue weighted by Gasteiger charge is -2.13. The van der Waals surface area contributed by atoms with Crippen molar-refractivity contribution in [2.24, 2.45) is 0 Å². The lowest BCUT2D eigenvalue weighted by Crippen LogP contribution is -2.14. The summed E-state index contributed by atoms with van der Waals surface area (Å²) in [5.74, 6) is -0.112. The molecule has 1 aromatic heterocycles. The van der Waals surface area contributed by atoms with Gasteiger partial charge >= 0.3 is 10.1 Å². The van der Waals surface area contributed by atoms with Gasteiger partial charge in [0, 0.05) is 23.2 Å². The first-order valence-corrected chi connectivity index (χ1v) is 10.9. The van der Waals surface area contributed by atoms with Gasteiger partial charge < -0.3 is 8.92 Å². The van der Waals surface area contributed by atoms with Crippen LogP contribution in [0.5, 0.6) is 11.5 Å². The topological polar surface area (TPSA) is 82.6 Å². The molecule has 4 aromatic rings. The molecule has 0 fully saturated rings. The normalized spacial score (nSPS) is 11.3. The minimum atomic E-state index is -4.29. The van der Waals surface area contributed by atoms with Gasteiger partial charge in [0.2, 0.25) is 0 Å². The number of carbonyl (C=O) groups excluding carboxylic acids is 1. The van der Waals surface area contributed by atoms with E-state index in [4.69, 9.17) is 8.92 Å². The maximum atomic E-state index is 13.2. The summed E-state index contributed by atoms with van der Waals surface area (Å²) < 4.78 is 37.1. The van der Waals surface area contributed by atoms with Gasteiger partial charge in [-0.2, -0.15) is 8.42 Å². The summed E-state index contributed by atoms with van der Waals surface area (Å²) in [6.07, 6.45) is 1.59. The molecule has 0 amide bonds. The molecule has 0 aliphatic carbocycles. The molecule has 0 unspecified atom stereocenters. The molecule has 0 saturated heterocycles. The highest BCUT2D eigenvalue weighted by Crippen LogP contribution is 2.31. The van der Waals surface area contributed by atoms with Crippen LogP contribution in [-0.2, 0) is 10.1 Å². The Balaban J connectivity index is 1.81. The third kappa shape index (κ3) is 4.13. The number of benzene rings is 3. The number of nitrogens with zero attached hydrogens (tertiary/aromatic N) is 1. The highest BCUT2D eigenvalue weighted by atomic mass is 32.2. The predicted octanol–water partition coefficient (Wildman–Crippen LogP) is 4.55. The Hall–Kier alpha value is -3.71. The number of rotatable bonds is 6. The SMILES string of the molecule is COc1ccc(C(=O)c2ccccc2)c(OS(=O)(=O)c2cccc3cc(C)cnc23)c1. The van der Waals surface area contributed by atoms with Crippen molar-refractivity contribution in [3.05, 3.63) is 95.7 Å². The van der Waals surface area contributed by atoms with E-state index in [-0.39, 0.29) is 22.0 Å². The molecule has 0 spiro atoms. The number of methoxy groups -OCH3 is 1. The Morgan fingerprint density at radius 1 is 0.935 bits per heavy atom. The molecule has 0 N–H and O–H groups in total. The maximum absolute atomic E-state index is 13.2. The molecule has 0 aliphatic heterocycles. The monoisotopic (exact) mass is 433 g/mol. The van der Waals surface area contributed by atoms with Crippen molar-refractivity contribution in [2.75, 3.05) is 7.11 Å². The standard InChI is InChI=1S/C24H19NO5S/c1-16-13-18-9-6-10-22(23(18)25-15-16)31(27,28)30-21-14-19(29-2)11-12-20(21)24(26)17-7-4-3-5-8-17/h3-15H,1-2H3. The van der Waals surface area contributed by atoms with E-state index in [0.29, 0.717) is 22.2 Å². The number of ether oxygens (including phenoxy) is 1. The number of hydrogen-bond donors (Lipinski definition) is 0. The fraction of sp³-hybridized carbons (Fsp3) is 0.0833. The zero-order valence-corrected chi connectivity index (χ0v) is 17.7. The van der Waals surface area contributed by atoms with Crippen LogP contribution in [0.3, 0.4) is 0 Å². The summed E-state index contributed by atoms with van der Waals surface area (Å²) in [6.45, 7) is 1.88. The van der Waals surface area contributed by atoms with Crippen molar-refractivity contribution < 1.29 is 22.1 Å². The van der Waals surface area contributed by atoms with Gasteiger partial charge in [-0.15, -0.1) is 0 Å². The first kappa shape index (κ1) is 20.6. The summed E-state index contributed by atoms with van der Waals surface area (Å²) in [4.78, 5) is 17.2. The second kappa shape index (κ2) is 8.20. The maximum Gasteiger partial charge on any atom is 0.341 e. The van der Waals surface area contributed by atoms with Crippen LogP contribution < -0.4 is 8.92 Å². The molecular formula is C24H19NO5S. The molecule has 0 bridgehead atoms. The number of aryl methyl sites for hydroxylation is 1. The summed E-state index contributed by atoms with van der Waals surface area (Å²) in [5.41, 5.74) is 1.73. The third-order valence-corrected chi connectivity index (χ3v) is 6.02. The number of para-hydroxylation sites is 1. The van der Waals surface area contributed by atoms with Crippen LogP contribution in [0.4, 0.5) is 0 Å². The fourth-order valence-corrected chi connectivity index (χ4v) is 4.36. The Morgan fingerprint density at radius 3 is 2.45 bits per heavy atom. The molecule has 7 heteroatoms. The van der Waals surface area contributed by atoms with Crippen LogP contribution in [0.25, 0.3) is 10.9 Å². The average molecular weight is 433 g/mol. The summed E-state index contributed by atoms with van der Waals surface area (Å²) >= 11 is 0. The van der Waals surface area contributed by atoms with Crippen molar-refractivity contribution >= 4 is 26.8 Å². The van der Waals surface area contributed by atoms with Crippen LogP contribution in [-0.4, -0.2) is 26.3 Å². The van der Waals surface area contributed by atoms with Crippen molar-refractivity contribution in [2.45, 2.75) is 11.8 Å². The van der Waals surface area contributed by atoms with Gasteiger partial charge in [0.1, 0.15) is 10.6 Å². The Labute approximate surface area is 180 Å². The van der Waals surface area contributed by atoms with E-state index in [1.54, 1.807) is 54.7 Å². The number of fused-ring (bicyclic) bond motifs is 1. The molecule has 0 atom stereocenters. The number of pyridine rings is 1. The Kier molecular flexibility index (Phi) is 5.44. The van der Waals surface area contributed by atoms with E-state index < -0.39 is 10.1 Å². The highest BCUT2D eigenvalue weighted by molar-refractivity contribution is 7.87. The van der Waals surface area contributed by atoms with E-state index in [0.717, 1.165) is 5.56 Å². The lowest BCUT2D eigenvalue weighted by atomic mass is 10.0. The molecular weight excluding hydrogens is 414 g/mol. The summed E-state index contributed by atoms with van der Waals surface area (Å²) in [7, 11) is -2.84. The van der Waals surface area contributed by atoms with Gasteiger partial charge in [-0.1, -0.05) is 42.5 Å². The first-order chi connectivity index (χ1) is 14.9. The van der Waals surface area contributed by atoms with Crippen LogP contribution in [0.1, 0.15) is 21.5 Å². The fourth-order valence-electron chi connectivity index (χ4n) is 3.24. The van der Waals surface area contributed by atoms with E-state index in [9.17, 15) is 13.2 Å². The number of ketones is 1. The molecule has 0 saturated carbocycles. The van der Waals surface area contributed by atoms with Gasteiger partial charge in [-0.25, -0.2) is 0 Å². The highest BCUT2D eigenvalue weighted by Gasteiger charge is 2.25. The van der Waals surface area contributed by atoms with Gasteiger partial charge in [0.05, 0.1) is 18.2 Å². The van der Waals surface area contributed by atoms with E-state index >= 15 is 0 Å². The second-order valence-corrected chi connectivity index (χ2v) is 8.45. The van der Waals surface area contributed by atoms with Crippen molar-refractivity contribution in [3.8, 4) is 11.5 Å². The van der Waals surface area contributed by atoms with Crippen molar-refractivity contribution in [1.29, 1.82) is 0 Å². The molecule has 0 aliphatic rings. The first-order valence-electron chi connectivity index (χ1n) is 9.47. The molecule has 1 heterocycles. The van der Waals surface area contributed by atoms with Gasteiger partial charge in [0.15, 0.2) is 11.5 Å². The van der Waals surface area contributed by atoms with E-state index in [1.165, 1.54) is 25.3 Å². The minimum absolute atomic E-state index is 0.0778. The van der Waals surface area contributed by atoms with Crippen LogP contribution in [0, 0.1) is 6.92 Å². The molecule has 3 aromatic carbocycles. The number of aromatic nitrogens is 1. The third-order valence-electron chi connectivity index (χ3n) is 4.75. The van der Waals surface area contributed by atoms with E-state index in [1.807, 2.05) is 13.0 Å². The largest absolute Gasteiger partial charge is 0.497 e. The Bertz CT molecular complexity index is 1380. The molecule has 0 radical (unpaired) electrons. The summed E-state index contributed by atoms with van der Waals surface area (Å²) in [6, 6.07) is 19.7. The number of carbonyl (C=O) groups is 1. The smallest absolute Gasteiger partial charge is 0.341 e. The van der Waals surface area contributed by atoms with Crippen molar-refractivity contribution in [1.82, 2.24) is 4.98 Å². The van der Waals surface area contributed by atoms with Crippen LogP contribution in [0.15, 0.2) is 83.9 Å². The quantitative estimate of drug-likeness (QED) is 0.328. The lowest BCUT2D eigenvalue weighted by molar-refractivity contribution is 0.103. The van der Waals surface area contributed by atoms with Crippen LogP contribution in [0.2, 0.25) is 0 Å². The van der Waals surface area contributed by atoms with Gasteiger partial charge in [-0.05, 0) is 36.8 Å². The predicted molar refractivity (Wildman–Crippen MR) is 117 cm³/mol. The zero-order valence-electron chi connectivity index (χ0n) is 16.9. The van der Waals surface area contributed by atoms with E-state index in [2.05, 4.69) is 4.98 Å². The van der Waals surface area contributed by atoms with Gasteiger partial charge in [-0.3, -0.25) is 9.78 Å². The molecule has 4 rings (SSSR count). The molecule has 156 valence electrons. The molecule has 31 heavy (non-hydrogen) atoms.